The predicted molar refractivity (Wildman–Crippen MR) is 248 cm³/mol. The Balaban J connectivity index is 0.000000425. The standard InChI is InChI=1S/C44H32P2.C6H12N2.ClH.Ru/c1-5-19-35(20-6-1)45(36-21-7-2-8-22-36)41-31-29-33-17-13-15-27-39(33)43(41)44-40-28-16-14-18-34(40)30-32-42(44)46(37-23-9-3-10-24-37)38-25-11-4-12-26-38;7-5-3-1-2-4-6(5)8;;/h1-32H;5-8H,1-4H2;1H;/q;-2;;+3/p+1. The molecule has 1 aliphatic rings. The van der Waals surface area contributed by atoms with Crippen LogP contribution in [0, 0.1) is 0 Å². The third kappa shape index (κ3) is 9.07. The van der Waals surface area contributed by atoms with Gasteiger partial charge in [-0.05, 0) is 82.2 Å². The van der Waals surface area contributed by atoms with Crippen LogP contribution in [-0.2, 0) is 17.3 Å². The minimum Gasteiger partial charge on any atom is -0.676 e. The van der Waals surface area contributed by atoms with E-state index in [4.69, 9.17) is 11.5 Å². The van der Waals surface area contributed by atoms with Crippen LogP contribution in [0.25, 0.3) is 44.1 Å². The molecule has 56 heavy (non-hydrogen) atoms. The summed E-state index contributed by atoms with van der Waals surface area (Å²) in [6.45, 7) is 0. The molecule has 2 unspecified atom stereocenters. The van der Waals surface area contributed by atoms with Crippen LogP contribution in [0.1, 0.15) is 25.7 Å². The Bertz CT molecular complexity index is 2200. The summed E-state index contributed by atoms with van der Waals surface area (Å²) in [5.41, 5.74) is 17.3. The van der Waals surface area contributed by atoms with E-state index in [0.29, 0.717) is 0 Å². The maximum absolute atomic E-state index is 7.29. The maximum Gasteiger partial charge on any atom is 0.111 e. The summed E-state index contributed by atoms with van der Waals surface area (Å²) in [6.07, 6.45) is 4.25. The topological polar surface area (TPSA) is 47.6 Å². The molecule has 0 radical (unpaired) electrons. The van der Waals surface area contributed by atoms with Crippen molar-refractivity contribution >= 4 is 78.9 Å². The quantitative estimate of drug-likeness (QED) is 0.113. The fraction of sp³-hybridized carbons (Fsp3) is 0.120. The van der Waals surface area contributed by atoms with Gasteiger partial charge in [0.1, 0.15) is 31.8 Å². The molecule has 0 heterocycles. The van der Waals surface area contributed by atoms with Crippen LogP contribution in [-0.4, -0.2) is 12.1 Å². The molecule has 1 aliphatic carbocycles. The van der Waals surface area contributed by atoms with Gasteiger partial charge < -0.3 is 11.5 Å². The summed E-state index contributed by atoms with van der Waals surface area (Å²) < 4.78 is 0. The summed E-state index contributed by atoms with van der Waals surface area (Å²) in [6, 6.07) is 72.1. The molecule has 0 saturated heterocycles. The number of hydrogen-bond acceptors (Lipinski definition) is 0. The van der Waals surface area contributed by atoms with Gasteiger partial charge in [0.2, 0.25) is 0 Å². The van der Waals surface area contributed by atoms with Gasteiger partial charge in [-0.1, -0.05) is 159 Å². The van der Waals surface area contributed by atoms with Crippen molar-refractivity contribution in [1.29, 1.82) is 0 Å². The number of rotatable bonds is 7. The van der Waals surface area contributed by atoms with E-state index in [1.807, 2.05) is 17.3 Å². The second kappa shape index (κ2) is 19.9. The van der Waals surface area contributed by atoms with Crippen LogP contribution in [0.3, 0.4) is 0 Å². The molecule has 2 atom stereocenters. The second-order valence-electron chi connectivity index (χ2n) is 14.1. The molecule has 0 aromatic heterocycles. The van der Waals surface area contributed by atoms with Crippen molar-refractivity contribution in [3.05, 3.63) is 206 Å². The van der Waals surface area contributed by atoms with Crippen LogP contribution in [0.4, 0.5) is 0 Å². The van der Waals surface area contributed by atoms with Crippen LogP contribution >= 0.6 is 25.5 Å². The molecule has 0 spiro atoms. The molecule has 0 bridgehead atoms. The Morgan fingerprint density at radius 3 is 0.964 bits per heavy atom. The Morgan fingerprint density at radius 2 is 0.661 bits per heavy atom. The van der Waals surface area contributed by atoms with Crippen molar-refractivity contribution in [2.75, 3.05) is 0 Å². The number of nitrogens with one attached hydrogen (secondary N) is 2. The summed E-state index contributed by atoms with van der Waals surface area (Å²) in [5, 5.41) is 13.6. The Hall–Kier alpha value is -4.03. The number of hydrogen-bond donors (Lipinski definition) is 0. The summed E-state index contributed by atoms with van der Waals surface area (Å²) in [4.78, 5) is 0. The largest absolute Gasteiger partial charge is 0.676 e. The zero-order valence-electron chi connectivity index (χ0n) is 31.2. The third-order valence-corrected chi connectivity index (χ3v) is 16.2. The first-order valence-electron chi connectivity index (χ1n) is 19.2. The van der Waals surface area contributed by atoms with E-state index in [0.717, 1.165) is 12.8 Å². The molecule has 2 nitrogen and oxygen atoms in total. The van der Waals surface area contributed by atoms with Gasteiger partial charge in [0.05, 0.1) is 15.8 Å². The molecule has 0 amide bonds. The van der Waals surface area contributed by atoms with Crippen molar-refractivity contribution in [2.45, 2.75) is 37.8 Å². The second-order valence-corrected chi connectivity index (χ2v) is 19.0. The van der Waals surface area contributed by atoms with E-state index < -0.39 is 15.8 Å². The van der Waals surface area contributed by atoms with Crippen molar-refractivity contribution in [3.63, 3.8) is 0 Å². The minimum absolute atomic E-state index is 0.0799. The van der Waals surface area contributed by atoms with Gasteiger partial charge in [0, 0.05) is 11.1 Å². The molecule has 9 rings (SSSR count). The Labute approximate surface area is 348 Å². The smallest absolute Gasteiger partial charge is 0.111 e. The fourth-order valence-corrected chi connectivity index (χ4v) is 13.5. The molecule has 2 N–H and O–H groups in total. The van der Waals surface area contributed by atoms with Gasteiger partial charge in [-0.15, -0.1) is 0 Å². The molecule has 0 aliphatic heterocycles. The average Bonchev–Trinajstić information content (AvgIpc) is 3.27. The van der Waals surface area contributed by atoms with Crippen LogP contribution in [0.2, 0.25) is 0 Å². The van der Waals surface area contributed by atoms with Crippen LogP contribution < -0.4 is 31.8 Å². The van der Waals surface area contributed by atoms with Crippen molar-refractivity contribution in [1.82, 2.24) is 0 Å². The van der Waals surface area contributed by atoms with Crippen molar-refractivity contribution in [3.8, 4) is 11.1 Å². The van der Waals surface area contributed by atoms with E-state index >= 15 is 0 Å². The normalized spacial score (nSPS) is 15.2. The SMILES string of the molecule is [Cl][Ru+2].[NH-]C1CCCCC1[NH-].c1ccc([PH+](c2ccccc2)c2ccc3ccccc3c2-c2c([PH+](c3ccccc3)c3ccccc3)ccc3ccccc23)cc1. The first kappa shape index (κ1) is 40.2. The van der Waals surface area contributed by atoms with E-state index in [-0.39, 0.29) is 12.1 Å². The average molecular weight is 873 g/mol. The molecular formula is C50H46ClN2P2Ru+2. The van der Waals surface area contributed by atoms with Crippen molar-refractivity contribution < 1.29 is 17.3 Å². The minimum atomic E-state index is -1.37. The zero-order valence-corrected chi connectivity index (χ0v) is 35.7. The van der Waals surface area contributed by atoms with Gasteiger partial charge in [0.25, 0.3) is 0 Å². The Kier molecular flexibility index (Phi) is 14.3. The molecule has 1 fully saturated rings. The molecule has 6 heteroatoms. The van der Waals surface area contributed by atoms with E-state index in [1.165, 1.54) is 77.3 Å². The van der Waals surface area contributed by atoms with Crippen LogP contribution in [0.5, 0.6) is 0 Å². The van der Waals surface area contributed by atoms with Gasteiger partial charge in [-0.2, -0.15) is 12.1 Å². The molecule has 279 valence electrons. The molecular weight excluding hydrogens is 827 g/mol. The summed E-state index contributed by atoms with van der Waals surface area (Å²) >= 11 is 1.82. The number of halogens is 1. The summed E-state index contributed by atoms with van der Waals surface area (Å²) in [7, 11) is 1.83. The van der Waals surface area contributed by atoms with E-state index in [9.17, 15) is 0 Å². The molecule has 8 aromatic rings. The molecule has 1 saturated carbocycles. The van der Waals surface area contributed by atoms with E-state index in [2.05, 4.69) is 204 Å². The molecule has 8 aromatic carbocycles. The predicted octanol–water partition coefficient (Wildman–Crippen LogP) is 11.7. The third-order valence-electron chi connectivity index (χ3n) is 10.7. The fourth-order valence-electron chi connectivity index (χ4n) is 8.00. The van der Waals surface area contributed by atoms with E-state index in [1.54, 1.807) is 0 Å². The number of fused-ring (bicyclic) bond motifs is 2. The van der Waals surface area contributed by atoms with Crippen molar-refractivity contribution in [2.24, 2.45) is 0 Å². The van der Waals surface area contributed by atoms with Gasteiger partial charge in [-0.3, -0.25) is 0 Å². The summed E-state index contributed by atoms with van der Waals surface area (Å²) in [5.74, 6) is 0. The van der Waals surface area contributed by atoms with Gasteiger partial charge >= 0.3 is 27.0 Å². The first-order valence-corrected chi connectivity index (χ1v) is 24.5. The van der Waals surface area contributed by atoms with Crippen LogP contribution in [0.15, 0.2) is 194 Å². The number of benzene rings is 8. The zero-order chi connectivity index (χ0) is 38.7. The van der Waals surface area contributed by atoms with Gasteiger partial charge in [-0.25, -0.2) is 0 Å². The monoisotopic (exact) mass is 873 g/mol. The maximum atomic E-state index is 7.29. The van der Waals surface area contributed by atoms with Gasteiger partial charge in [0.15, 0.2) is 0 Å². The first-order chi connectivity index (χ1) is 27.7. The Morgan fingerprint density at radius 1 is 0.375 bits per heavy atom.